The number of carbonyl (C=O) groups is 1. The Balaban J connectivity index is 1.57. The van der Waals surface area contributed by atoms with Gasteiger partial charge in [-0.15, -0.1) is 11.3 Å². The van der Waals surface area contributed by atoms with Crippen molar-refractivity contribution in [2.24, 2.45) is 5.92 Å². The Morgan fingerprint density at radius 3 is 3.20 bits per heavy atom. The SMILES string of the molecule is COCCN1CCC(CNC(=O)NCc2cccs2)C1. The molecule has 2 N–H and O–H groups in total. The number of nitrogens with zero attached hydrogens (tertiary/aromatic N) is 1. The number of thiophene rings is 1. The van der Waals surface area contributed by atoms with Gasteiger partial charge in [0, 0.05) is 31.6 Å². The summed E-state index contributed by atoms with van der Waals surface area (Å²) in [6, 6.07) is 3.94. The van der Waals surface area contributed by atoms with Gasteiger partial charge in [0.15, 0.2) is 0 Å². The summed E-state index contributed by atoms with van der Waals surface area (Å²) in [5.74, 6) is 0.555. The second kappa shape index (κ2) is 8.24. The highest BCUT2D eigenvalue weighted by atomic mass is 32.1. The van der Waals surface area contributed by atoms with E-state index in [2.05, 4.69) is 15.5 Å². The highest BCUT2D eigenvalue weighted by Crippen LogP contribution is 2.14. The summed E-state index contributed by atoms with van der Waals surface area (Å²) in [5, 5.41) is 7.86. The lowest BCUT2D eigenvalue weighted by Crippen LogP contribution is -2.38. The average molecular weight is 297 g/mol. The molecule has 0 bridgehead atoms. The molecule has 1 aromatic rings. The lowest BCUT2D eigenvalue weighted by Gasteiger charge is -2.15. The van der Waals surface area contributed by atoms with Crippen molar-refractivity contribution in [2.45, 2.75) is 13.0 Å². The topological polar surface area (TPSA) is 53.6 Å². The van der Waals surface area contributed by atoms with Crippen LogP contribution < -0.4 is 10.6 Å². The molecule has 0 radical (unpaired) electrons. The second-order valence-corrected chi connectivity index (χ2v) is 6.12. The number of carbonyl (C=O) groups excluding carboxylic acids is 1. The van der Waals surface area contributed by atoms with Gasteiger partial charge in [-0.1, -0.05) is 6.07 Å². The maximum atomic E-state index is 11.7. The summed E-state index contributed by atoms with van der Waals surface area (Å²) in [4.78, 5) is 15.3. The largest absolute Gasteiger partial charge is 0.383 e. The lowest BCUT2D eigenvalue weighted by atomic mass is 10.1. The fourth-order valence-corrected chi connectivity index (χ4v) is 3.03. The highest BCUT2D eigenvalue weighted by molar-refractivity contribution is 7.09. The molecule has 0 aliphatic carbocycles. The van der Waals surface area contributed by atoms with Gasteiger partial charge in [-0.2, -0.15) is 0 Å². The summed E-state index contributed by atoms with van der Waals surface area (Å²) in [6.07, 6.45) is 1.15. The summed E-state index contributed by atoms with van der Waals surface area (Å²) in [7, 11) is 1.73. The van der Waals surface area contributed by atoms with Crippen molar-refractivity contribution in [3.63, 3.8) is 0 Å². The summed E-state index contributed by atoms with van der Waals surface area (Å²) in [5.41, 5.74) is 0. The first-order chi connectivity index (χ1) is 9.78. The van der Waals surface area contributed by atoms with Gasteiger partial charge in [0.05, 0.1) is 13.2 Å². The summed E-state index contributed by atoms with van der Waals surface area (Å²) < 4.78 is 5.08. The van der Waals surface area contributed by atoms with Crippen LogP contribution >= 0.6 is 11.3 Å². The average Bonchev–Trinajstić information content (AvgIpc) is 3.12. The second-order valence-electron chi connectivity index (χ2n) is 5.09. The Hall–Kier alpha value is -1.11. The first-order valence-electron chi connectivity index (χ1n) is 7.03. The molecule has 112 valence electrons. The van der Waals surface area contributed by atoms with Crippen LogP contribution in [0.1, 0.15) is 11.3 Å². The Morgan fingerprint density at radius 2 is 2.45 bits per heavy atom. The molecule has 1 fully saturated rings. The molecule has 6 heteroatoms. The summed E-state index contributed by atoms with van der Waals surface area (Å²) in [6.45, 7) is 5.27. The molecule has 5 nitrogen and oxygen atoms in total. The molecule has 20 heavy (non-hydrogen) atoms. The van der Waals surface area contributed by atoms with E-state index < -0.39 is 0 Å². The number of likely N-dealkylation sites (tertiary alicyclic amines) is 1. The number of amides is 2. The van der Waals surface area contributed by atoms with E-state index in [1.807, 2.05) is 17.5 Å². The van der Waals surface area contributed by atoms with Gasteiger partial charge >= 0.3 is 6.03 Å². The molecule has 2 heterocycles. The van der Waals surface area contributed by atoms with Crippen molar-refractivity contribution in [1.82, 2.24) is 15.5 Å². The van der Waals surface area contributed by atoms with Crippen LogP contribution in [0.15, 0.2) is 17.5 Å². The number of nitrogens with one attached hydrogen (secondary N) is 2. The van der Waals surface area contributed by atoms with Crippen molar-refractivity contribution in [1.29, 1.82) is 0 Å². The molecule has 2 rings (SSSR count). The number of rotatable bonds is 7. The van der Waals surface area contributed by atoms with Crippen LogP contribution in [-0.2, 0) is 11.3 Å². The van der Waals surface area contributed by atoms with Crippen LogP contribution in [0.25, 0.3) is 0 Å². The van der Waals surface area contributed by atoms with E-state index in [9.17, 15) is 4.79 Å². The number of hydrogen-bond donors (Lipinski definition) is 2. The van der Waals surface area contributed by atoms with Gasteiger partial charge < -0.3 is 20.3 Å². The van der Waals surface area contributed by atoms with Crippen LogP contribution in [0.4, 0.5) is 4.79 Å². The van der Waals surface area contributed by atoms with Crippen LogP contribution in [0.3, 0.4) is 0 Å². The zero-order chi connectivity index (χ0) is 14.2. The van der Waals surface area contributed by atoms with Gasteiger partial charge in [0.25, 0.3) is 0 Å². The minimum Gasteiger partial charge on any atom is -0.383 e. The molecular weight excluding hydrogens is 274 g/mol. The molecule has 1 atom stereocenters. The molecule has 1 aromatic heterocycles. The van der Waals surface area contributed by atoms with Gasteiger partial charge in [-0.3, -0.25) is 0 Å². The molecule has 0 aromatic carbocycles. The van der Waals surface area contributed by atoms with Crippen molar-refractivity contribution < 1.29 is 9.53 Å². The highest BCUT2D eigenvalue weighted by Gasteiger charge is 2.22. The van der Waals surface area contributed by atoms with E-state index in [0.717, 1.165) is 39.2 Å². The molecular formula is C14H23N3O2S. The standard InChI is InChI=1S/C14H23N3O2S/c1-19-7-6-17-5-4-12(11-17)9-15-14(18)16-10-13-3-2-8-20-13/h2-3,8,12H,4-7,9-11H2,1H3,(H2,15,16,18). The Bertz CT molecular complexity index is 397. The van der Waals surface area contributed by atoms with Gasteiger partial charge in [-0.05, 0) is 30.3 Å². The van der Waals surface area contributed by atoms with Crippen molar-refractivity contribution in [2.75, 3.05) is 39.9 Å². The van der Waals surface area contributed by atoms with Crippen LogP contribution in [-0.4, -0.2) is 50.8 Å². The normalized spacial score (nSPS) is 19.1. The van der Waals surface area contributed by atoms with Crippen molar-refractivity contribution in [3.8, 4) is 0 Å². The van der Waals surface area contributed by atoms with E-state index in [1.54, 1.807) is 18.4 Å². The van der Waals surface area contributed by atoms with Crippen molar-refractivity contribution in [3.05, 3.63) is 22.4 Å². The van der Waals surface area contributed by atoms with Crippen LogP contribution in [0.5, 0.6) is 0 Å². The predicted molar refractivity (Wildman–Crippen MR) is 81.0 cm³/mol. The fraction of sp³-hybridized carbons (Fsp3) is 0.643. The van der Waals surface area contributed by atoms with E-state index in [4.69, 9.17) is 4.74 Å². The Morgan fingerprint density at radius 1 is 1.55 bits per heavy atom. The van der Waals surface area contributed by atoms with Crippen LogP contribution in [0, 0.1) is 5.92 Å². The fourth-order valence-electron chi connectivity index (χ4n) is 2.38. The zero-order valence-corrected chi connectivity index (χ0v) is 12.7. The smallest absolute Gasteiger partial charge is 0.315 e. The van der Waals surface area contributed by atoms with Gasteiger partial charge in [0.2, 0.25) is 0 Å². The monoisotopic (exact) mass is 297 g/mol. The van der Waals surface area contributed by atoms with E-state index >= 15 is 0 Å². The molecule has 0 spiro atoms. The minimum atomic E-state index is -0.0752. The molecule has 1 aliphatic heterocycles. The first-order valence-corrected chi connectivity index (χ1v) is 7.91. The third kappa shape index (κ3) is 5.11. The van der Waals surface area contributed by atoms with Gasteiger partial charge in [0.1, 0.15) is 0 Å². The third-order valence-corrected chi connectivity index (χ3v) is 4.41. The third-order valence-electron chi connectivity index (χ3n) is 3.54. The number of ether oxygens (including phenoxy) is 1. The Labute approximate surface area is 124 Å². The maximum Gasteiger partial charge on any atom is 0.315 e. The molecule has 1 saturated heterocycles. The van der Waals surface area contributed by atoms with E-state index in [1.165, 1.54) is 4.88 Å². The molecule has 0 saturated carbocycles. The van der Waals surface area contributed by atoms with Gasteiger partial charge in [-0.25, -0.2) is 4.79 Å². The van der Waals surface area contributed by atoms with E-state index in [-0.39, 0.29) is 6.03 Å². The molecule has 1 aliphatic rings. The number of methoxy groups -OCH3 is 1. The first kappa shape index (κ1) is 15.3. The molecule has 1 unspecified atom stereocenters. The minimum absolute atomic E-state index is 0.0752. The number of urea groups is 1. The number of hydrogen-bond acceptors (Lipinski definition) is 4. The molecule has 2 amide bonds. The van der Waals surface area contributed by atoms with E-state index in [0.29, 0.717) is 12.5 Å². The Kier molecular flexibility index (Phi) is 6.29. The maximum absolute atomic E-state index is 11.7. The van der Waals surface area contributed by atoms with Crippen molar-refractivity contribution >= 4 is 17.4 Å². The predicted octanol–water partition coefficient (Wildman–Crippen LogP) is 1.52. The quantitative estimate of drug-likeness (QED) is 0.802. The lowest BCUT2D eigenvalue weighted by molar-refractivity contribution is 0.159. The zero-order valence-electron chi connectivity index (χ0n) is 11.9. The summed E-state index contributed by atoms with van der Waals surface area (Å²) >= 11 is 1.66. The van der Waals surface area contributed by atoms with Crippen LogP contribution in [0.2, 0.25) is 0 Å².